The van der Waals surface area contributed by atoms with Crippen molar-refractivity contribution >= 4 is 11.4 Å². The van der Waals surface area contributed by atoms with Crippen molar-refractivity contribution in [3.8, 4) is 0 Å². The number of hydrogen-bond acceptors (Lipinski definition) is 2. The van der Waals surface area contributed by atoms with Crippen LogP contribution >= 0.6 is 0 Å². The van der Waals surface area contributed by atoms with Crippen LogP contribution in [0.2, 0.25) is 0 Å². The van der Waals surface area contributed by atoms with E-state index >= 15 is 0 Å². The molecule has 0 saturated heterocycles. The molecular weight excluding hydrogens is 256 g/mol. The van der Waals surface area contributed by atoms with Crippen LogP contribution in [0.1, 0.15) is 36.8 Å². The van der Waals surface area contributed by atoms with E-state index in [1.807, 2.05) is 24.3 Å². The average Bonchev–Trinajstić information content (AvgIpc) is 3.05. The van der Waals surface area contributed by atoms with Gasteiger partial charge in [-0.3, -0.25) is 0 Å². The van der Waals surface area contributed by atoms with Crippen molar-refractivity contribution in [3.63, 3.8) is 0 Å². The zero-order valence-electron chi connectivity index (χ0n) is 12.3. The predicted molar refractivity (Wildman–Crippen MR) is 87.9 cm³/mol. The van der Waals surface area contributed by atoms with Gasteiger partial charge in [-0.2, -0.15) is 0 Å². The third kappa shape index (κ3) is 1.71. The summed E-state index contributed by atoms with van der Waals surface area (Å²) in [5.41, 5.74) is 16.5. The van der Waals surface area contributed by atoms with Crippen LogP contribution in [0.15, 0.2) is 48.5 Å². The lowest BCUT2D eigenvalue weighted by molar-refractivity contribution is 0.390. The Morgan fingerprint density at radius 1 is 0.619 bits per heavy atom. The summed E-state index contributed by atoms with van der Waals surface area (Å²) in [6.07, 6.45) is 5.39. The summed E-state index contributed by atoms with van der Waals surface area (Å²) in [6, 6.07) is 17.1. The van der Waals surface area contributed by atoms with Crippen molar-refractivity contribution in [1.29, 1.82) is 0 Å². The van der Waals surface area contributed by atoms with Crippen molar-refractivity contribution in [2.75, 3.05) is 11.5 Å². The third-order valence-electron chi connectivity index (χ3n) is 5.79. The number of anilines is 2. The van der Waals surface area contributed by atoms with Gasteiger partial charge in [-0.05, 0) is 72.9 Å². The molecule has 2 bridgehead atoms. The molecule has 2 aliphatic rings. The molecule has 21 heavy (non-hydrogen) atoms. The van der Waals surface area contributed by atoms with Gasteiger partial charge in [-0.25, -0.2) is 0 Å². The molecule has 0 aromatic heterocycles. The first-order valence-corrected chi connectivity index (χ1v) is 7.93. The zero-order chi connectivity index (χ0) is 14.4. The first kappa shape index (κ1) is 12.8. The van der Waals surface area contributed by atoms with Crippen molar-refractivity contribution in [2.45, 2.75) is 31.1 Å². The molecule has 0 radical (unpaired) electrons. The van der Waals surface area contributed by atoms with E-state index in [1.54, 1.807) is 0 Å². The van der Waals surface area contributed by atoms with Crippen LogP contribution < -0.4 is 11.5 Å². The molecule has 4 N–H and O–H groups in total. The van der Waals surface area contributed by atoms with Crippen LogP contribution in [0, 0.1) is 11.8 Å². The summed E-state index contributed by atoms with van der Waals surface area (Å²) < 4.78 is 0. The molecule has 4 rings (SSSR count). The highest BCUT2D eigenvalue weighted by Crippen LogP contribution is 2.62. The molecule has 0 heterocycles. The fourth-order valence-corrected chi connectivity index (χ4v) is 4.96. The lowest BCUT2D eigenvalue weighted by Gasteiger charge is -2.36. The zero-order valence-corrected chi connectivity index (χ0v) is 12.3. The minimum Gasteiger partial charge on any atom is -0.399 e. The maximum atomic E-state index is 5.90. The largest absolute Gasteiger partial charge is 0.399 e. The molecular formula is C19H22N2. The maximum Gasteiger partial charge on any atom is 0.0314 e. The standard InChI is InChI=1S/C19H22N2/c20-17-9-5-15(6-10-17)19(13-1-2-14(19)4-3-13)16-7-11-18(21)12-8-16/h5-14H,1-4,20-21H2. The predicted octanol–water partition coefficient (Wildman–Crippen LogP) is 3.96. The van der Waals surface area contributed by atoms with Gasteiger partial charge >= 0.3 is 0 Å². The Labute approximate surface area is 126 Å². The van der Waals surface area contributed by atoms with E-state index in [4.69, 9.17) is 11.5 Å². The molecule has 2 heteroatoms. The summed E-state index contributed by atoms with van der Waals surface area (Å²) in [5, 5.41) is 0. The molecule has 2 aromatic carbocycles. The normalized spacial score (nSPS) is 26.1. The molecule has 2 saturated carbocycles. The third-order valence-corrected chi connectivity index (χ3v) is 5.79. The topological polar surface area (TPSA) is 52.0 Å². The van der Waals surface area contributed by atoms with Gasteiger partial charge < -0.3 is 11.5 Å². The van der Waals surface area contributed by atoms with Crippen LogP contribution in [0.3, 0.4) is 0 Å². The van der Waals surface area contributed by atoms with Gasteiger partial charge in [0, 0.05) is 16.8 Å². The molecule has 108 valence electrons. The number of rotatable bonds is 2. The summed E-state index contributed by atoms with van der Waals surface area (Å²) in [7, 11) is 0. The second kappa shape index (κ2) is 4.52. The summed E-state index contributed by atoms with van der Waals surface area (Å²) in [6.45, 7) is 0. The van der Waals surface area contributed by atoms with Gasteiger partial charge in [0.15, 0.2) is 0 Å². The average molecular weight is 278 g/mol. The monoisotopic (exact) mass is 278 g/mol. The quantitative estimate of drug-likeness (QED) is 0.817. The van der Waals surface area contributed by atoms with Gasteiger partial charge in [0.05, 0.1) is 0 Å². The second-order valence-corrected chi connectivity index (χ2v) is 6.66. The molecule has 0 amide bonds. The maximum absolute atomic E-state index is 5.90. The Hall–Kier alpha value is -1.96. The fraction of sp³-hybridized carbons (Fsp3) is 0.368. The van der Waals surface area contributed by atoms with Crippen LogP contribution in [0.25, 0.3) is 0 Å². The Balaban J connectivity index is 1.91. The van der Waals surface area contributed by atoms with E-state index in [-0.39, 0.29) is 5.41 Å². The van der Waals surface area contributed by atoms with Crippen LogP contribution in [0.5, 0.6) is 0 Å². The Bertz CT molecular complexity index is 575. The smallest absolute Gasteiger partial charge is 0.0314 e. The van der Waals surface area contributed by atoms with Crippen LogP contribution in [-0.4, -0.2) is 0 Å². The molecule has 0 unspecified atom stereocenters. The highest BCUT2D eigenvalue weighted by atomic mass is 14.6. The van der Waals surface area contributed by atoms with Crippen molar-refractivity contribution in [3.05, 3.63) is 59.7 Å². The van der Waals surface area contributed by atoms with E-state index in [0.29, 0.717) is 0 Å². The highest BCUT2D eigenvalue weighted by Gasteiger charge is 2.55. The van der Waals surface area contributed by atoms with Crippen LogP contribution in [0.4, 0.5) is 11.4 Å². The van der Waals surface area contributed by atoms with E-state index in [1.165, 1.54) is 36.8 Å². The Kier molecular flexibility index (Phi) is 2.75. The van der Waals surface area contributed by atoms with Crippen molar-refractivity contribution in [2.24, 2.45) is 11.8 Å². The van der Waals surface area contributed by atoms with Gasteiger partial charge in [0.25, 0.3) is 0 Å². The number of nitrogen functional groups attached to an aromatic ring is 2. The molecule has 2 aromatic rings. The molecule has 0 spiro atoms. The number of benzene rings is 2. The van der Waals surface area contributed by atoms with Gasteiger partial charge in [0.1, 0.15) is 0 Å². The highest BCUT2D eigenvalue weighted by molar-refractivity contribution is 5.51. The molecule has 0 atom stereocenters. The van der Waals surface area contributed by atoms with Crippen molar-refractivity contribution in [1.82, 2.24) is 0 Å². The minimum atomic E-state index is 0.182. The van der Waals surface area contributed by atoms with Gasteiger partial charge in [-0.15, -0.1) is 0 Å². The first-order valence-electron chi connectivity index (χ1n) is 7.93. The Morgan fingerprint density at radius 3 is 1.29 bits per heavy atom. The second-order valence-electron chi connectivity index (χ2n) is 6.66. The van der Waals surface area contributed by atoms with Gasteiger partial charge in [0.2, 0.25) is 0 Å². The SMILES string of the molecule is Nc1ccc(C2(c3ccc(N)cc3)C3CCC2CC3)cc1. The van der Waals surface area contributed by atoms with E-state index in [2.05, 4.69) is 24.3 Å². The van der Waals surface area contributed by atoms with E-state index in [9.17, 15) is 0 Å². The van der Waals surface area contributed by atoms with Crippen LogP contribution in [-0.2, 0) is 5.41 Å². The summed E-state index contributed by atoms with van der Waals surface area (Å²) >= 11 is 0. The lowest BCUT2D eigenvalue weighted by Crippen LogP contribution is -2.33. The molecule has 2 fully saturated rings. The Morgan fingerprint density at radius 2 is 0.952 bits per heavy atom. The molecule has 0 aliphatic heterocycles. The first-order chi connectivity index (χ1) is 10.2. The number of hydrogen-bond donors (Lipinski definition) is 2. The van der Waals surface area contributed by atoms with E-state index in [0.717, 1.165) is 23.2 Å². The lowest BCUT2D eigenvalue weighted by atomic mass is 9.67. The minimum absolute atomic E-state index is 0.182. The van der Waals surface area contributed by atoms with Crippen molar-refractivity contribution < 1.29 is 0 Å². The fourth-order valence-electron chi connectivity index (χ4n) is 4.96. The molecule has 2 aliphatic carbocycles. The van der Waals surface area contributed by atoms with E-state index < -0.39 is 0 Å². The summed E-state index contributed by atoms with van der Waals surface area (Å²) in [4.78, 5) is 0. The number of nitrogens with two attached hydrogens (primary N) is 2. The number of fused-ring (bicyclic) bond motifs is 2. The summed E-state index contributed by atoms with van der Waals surface area (Å²) in [5.74, 6) is 1.52. The van der Waals surface area contributed by atoms with Gasteiger partial charge in [-0.1, -0.05) is 24.3 Å². The molecule has 2 nitrogen and oxygen atoms in total.